The average molecular weight is 413 g/mol. The van der Waals surface area contributed by atoms with Gasteiger partial charge >= 0.3 is 5.97 Å². The third-order valence-corrected chi connectivity index (χ3v) is 5.58. The van der Waals surface area contributed by atoms with Crippen LogP contribution < -0.4 is 4.90 Å². The van der Waals surface area contributed by atoms with Crippen molar-refractivity contribution in [2.24, 2.45) is 0 Å². The fourth-order valence-corrected chi connectivity index (χ4v) is 3.83. The molecule has 0 aromatic heterocycles. The van der Waals surface area contributed by atoms with Crippen molar-refractivity contribution < 1.29 is 19.1 Å². The topological polar surface area (TPSA) is 63.7 Å². The summed E-state index contributed by atoms with van der Waals surface area (Å²) in [4.78, 5) is 39.7. The van der Waals surface area contributed by atoms with E-state index in [1.807, 2.05) is 42.5 Å². The molecule has 0 aliphatic heterocycles. The highest BCUT2D eigenvalue weighted by Crippen LogP contribution is 2.23. The van der Waals surface area contributed by atoms with E-state index < -0.39 is 5.97 Å². The smallest absolute Gasteiger partial charge is 0.339 e. The number of hydrogen-bond acceptors (Lipinski definition) is 4. The molecule has 0 unspecified atom stereocenters. The van der Waals surface area contributed by atoms with Crippen molar-refractivity contribution in [2.45, 2.75) is 19.3 Å². The van der Waals surface area contributed by atoms with Crippen molar-refractivity contribution in [3.63, 3.8) is 0 Å². The lowest BCUT2D eigenvalue weighted by atomic mass is 10.0. The van der Waals surface area contributed by atoms with E-state index in [9.17, 15) is 14.4 Å². The van der Waals surface area contributed by atoms with Gasteiger partial charge in [0.15, 0.2) is 12.4 Å². The molecule has 0 bridgehead atoms. The second-order valence-corrected chi connectivity index (χ2v) is 7.58. The zero-order chi connectivity index (χ0) is 21.8. The predicted octanol–water partition coefficient (Wildman–Crippen LogP) is 4.49. The Kier molecular flexibility index (Phi) is 5.94. The summed E-state index contributed by atoms with van der Waals surface area (Å²) in [6.45, 7) is -0.366. The second-order valence-electron chi connectivity index (χ2n) is 7.58. The summed E-state index contributed by atoms with van der Waals surface area (Å²) < 4.78 is 5.28. The number of aryl methyl sites for hydroxylation is 2. The highest BCUT2D eigenvalue weighted by Gasteiger charge is 2.22. The maximum atomic E-state index is 13.0. The van der Waals surface area contributed by atoms with Gasteiger partial charge in [0.25, 0.3) is 5.91 Å². The van der Waals surface area contributed by atoms with Crippen LogP contribution in [-0.2, 0) is 17.6 Å². The van der Waals surface area contributed by atoms with Crippen LogP contribution >= 0.6 is 0 Å². The molecule has 5 heteroatoms. The molecule has 31 heavy (non-hydrogen) atoms. The van der Waals surface area contributed by atoms with E-state index in [4.69, 9.17) is 4.74 Å². The largest absolute Gasteiger partial charge is 0.454 e. The van der Waals surface area contributed by atoms with E-state index in [2.05, 4.69) is 0 Å². The van der Waals surface area contributed by atoms with Crippen molar-refractivity contribution in [1.29, 1.82) is 0 Å². The molecule has 1 amide bonds. The molecule has 1 aliphatic carbocycles. The zero-order valence-electron chi connectivity index (χ0n) is 17.3. The second kappa shape index (κ2) is 8.96. The molecule has 0 radical (unpaired) electrons. The number of esters is 1. The Morgan fingerprint density at radius 3 is 2.29 bits per heavy atom. The van der Waals surface area contributed by atoms with Crippen molar-refractivity contribution in [2.75, 3.05) is 18.6 Å². The molecular weight excluding hydrogens is 390 g/mol. The summed E-state index contributed by atoms with van der Waals surface area (Å²) in [6, 6.07) is 21.3. The first kappa shape index (κ1) is 20.5. The summed E-state index contributed by atoms with van der Waals surface area (Å²) in [5.74, 6) is -1.28. The highest BCUT2D eigenvalue weighted by atomic mass is 16.5. The van der Waals surface area contributed by atoms with E-state index in [1.165, 1.54) is 22.1 Å². The lowest BCUT2D eigenvalue weighted by Crippen LogP contribution is -2.28. The number of para-hydroxylation sites is 1. The van der Waals surface area contributed by atoms with Gasteiger partial charge in [0.2, 0.25) is 0 Å². The van der Waals surface area contributed by atoms with Gasteiger partial charge in [0.1, 0.15) is 0 Å². The average Bonchev–Trinajstić information content (AvgIpc) is 3.30. The molecule has 0 saturated heterocycles. The lowest BCUT2D eigenvalue weighted by molar-refractivity contribution is 0.0472. The Hall–Kier alpha value is -3.73. The van der Waals surface area contributed by atoms with E-state index in [0.29, 0.717) is 11.3 Å². The van der Waals surface area contributed by atoms with Gasteiger partial charge in [-0.15, -0.1) is 0 Å². The molecule has 3 aromatic rings. The van der Waals surface area contributed by atoms with Crippen molar-refractivity contribution in [1.82, 2.24) is 0 Å². The molecule has 0 saturated carbocycles. The Balaban J connectivity index is 1.47. The van der Waals surface area contributed by atoms with Crippen molar-refractivity contribution >= 4 is 23.3 Å². The number of carbonyl (C=O) groups excluding carboxylic acids is 3. The van der Waals surface area contributed by atoms with Gasteiger partial charge in [-0.25, -0.2) is 4.79 Å². The number of fused-ring (bicyclic) bond motifs is 1. The minimum absolute atomic E-state index is 0.136. The molecule has 4 rings (SSSR count). The van der Waals surface area contributed by atoms with Gasteiger partial charge in [-0.1, -0.05) is 42.5 Å². The number of hydrogen-bond donors (Lipinski definition) is 0. The first-order valence-electron chi connectivity index (χ1n) is 10.3. The quantitative estimate of drug-likeness (QED) is 0.441. The Morgan fingerprint density at radius 1 is 0.839 bits per heavy atom. The van der Waals surface area contributed by atoms with Gasteiger partial charge in [0.05, 0.1) is 11.1 Å². The number of carbonyl (C=O) groups is 3. The summed E-state index contributed by atoms with van der Waals surface area (Å²) in [7, 11) is 1.65. The normalized spacial score (nSPS) is 12.2. The Bertz CT molecular complexity index is 1140. The monoisotopic (exact) mass is 413 g/mol. The maximum absolute atomic E-state index is 13.0. The molecular formula is C26H23NO4. The molecule has 0 fully saturated rings. The zero-order valence-corrected chi connectivity index (χ0v) is 17.3. The van der Waals surface area contributed by atoms with Gasteiger partial charge in [-0.3, -0.25) is 9.59 Å². The molecule has 0 N–H and O–H groups in total. The van der Waals surface area contributed by atoms with Crippen LogP contribution in [0, 0.1) is 0 Å². The Labute approximate surface area is 181 Å². The summed E-state index contributed by atoms with van der Waals surface area (Å²) in [5, 5.41) is 0. The van der Waals surface area contributed by atoms with Gasteiger partial charge in [-0.05, 0) is 60.7 Å². The third-order valence-electron chi connectivity index (χ3n) is 5.58. The van der Waals surface area contributed by atoms with Crippen LogP contribution in [0.4, 0.5) is 5.69 Å². The molecule has 0 spiro atoms. The van der Waals surface area contributed by atoms with Crippen LogP contribution in [0.3, 0.4) is 0 Å². The SMILES string of the molecule is CN(C(=O)c1ccccc1C(=O)OCC(=O)c1ccc2c(c1)CCC2)c1ccccc1. The molecule has 0 heterocycles. The summed E-state index contributed by atoms with van der Waals surface area (Å²) in [6.07, 6.45) is 3.12. The first-order valence-corrected chi connectivity index (χ1v) is 10.3. The van der Waals surface area contributed by atoms with Gasteiger partial charge < -0.3 is 9.64 Å². The van der Waals surface area contributed by atoms with Crippen LogP contribution in [0.15, 0.2) is 72.8 Å². The van der Waals surface area contributed by atoms with Gasteiger partial charge in [-0.2, -0.15) is 0 Å². The number of amides is 1. The molecule has 0 atom stereocenters. The summed E-state index contributed by atoms with van der Waals surface area (Å²) in [5.41, 5.74) is 4.09. The van der Waals surface area contributed by atoms with Crippen LogP contribution in [-0.4, -0.2) is 31.3 Å². The molecule has 1 aliphatic rings. The lowest BCUT2D eigenvalue weighted by Gasteiger charge is -2.18. The van der Waals surface area contributed by atoms with Crippen LogP contribution in [0.25, 0.3) is 0 Å². The Morgan fingerprint density at radius 2 is 1.52 bits per heavy atom. The number of benzene rings is 3. The van der Waals surface area contributed by atoms with Crippen LogP contribution in [0.5, 0.6) is 0 Å². The number of Topliss-reactive ketones (excluding diaryl/α,β-unsaturated/α-hetero) is 1. The highest BCUT2D eigenvalue weighted by molar-refractivity contribution is 6.12. The fourth-order valence-electron chi connectivity index (χ4n) is 3.83. The first-order chi connectivity index (χ1) is 15.0. The predicted molar refractivity (Wildman–Crippen MR) is 119 cm³/mol. The maximum Gasteiger partial charge on any atom is 0.339 e. The van der Waals surface area contributed by atoms with Crippen molar-refractivity contribution in [3.8, 4) is 0 Å². The fraction of sp³-hybridized carbons (Fsp3) is 0.192. The third kappa shape index (κ3) is 4.40. The number of rotatable bonds is 6. The number of anilines is 1. The van der Waals surface area contributed by atoms with Gasteiger partial charge in [0, 0.05) is 18.3 Å². The number of ether oxygens (including phenoxy) is 1. The summed E-state index contributed by atoms with van der Waals surface area (Å²) >= 11 is 0. The van der Waals surface area contributed by atoms with Crippen LogP contribution in [0.1, 0.15) is 48.6 Å². The molecule has 5 nitrogen and oxygen atoms in total. The van der Waals surface area contributed by atoms with E-state index in [1.54, 1.807) is 31.3 Å². The molecule has 156 valence electrons. The standard InChI is InChI=1S/C26H23NO4/c1-27(21-10-3-2-4-11-21)25(29)22-12-5-6-13-23(22)26(30)31-17-24(28)20-15-14-18-8-7-9-19(18)16-20/h2-6,10-16H,7-9,17H2,1H3. The number of nitrogens with zero attached hydrogens (tertiary/aromatic N) is 1. The van der Waals surface area contributed by atoms with E-state index in [-0.39, 0.29) is 29.4 Å². The van der Waals surface area contributed by atoms with E-state index >= 15 is 0 Å². The van der Waals surface area contributed by atoms with Crippen LogP contribution in [0.2, 0.25) is 0 Å². The molecule has 3 aromatic carbocycles. The minimum atomic E-state index is -0.695. The van der Waals surface area contributed by atoms with E-state index in [0.717, 1.165) is 19.3 Å². The minimum Gasteiger partial charge on any atom is -0.454 e. The van der Waals surface area contributed by atoms with Crippen molar-refractivity contribution in [3.05, 3.63) is 101 Å². The number of ketones is 1.